The third-order valence-electron chi connectivity index (χ3n) is 0.886. The Balaban J connectivity index is 3.55. The Kier molecular flexibility index (Phi) is 4.00. The van der Waals surface area contributed by atoms with Crippen LogP contribution < -0.4 is 16.8 Å². The van der Waals surface area contributed by atoms with E-state index in [4.69, 9.17) is 11.5 Å². The van der Waals surface area contributed by atoms with Crippen LogP contribution in [0.5, 0.6) is 0 Å². The highest BCUT2D eigenvalue weighted by atomic mass is 15.0. The van der Waals surface area contributed by atoms with Gasteiger partial charge in [-0.05, 0) is 14.0 Å². The topological polar surface area (TPSA) is 76.4 Å². The molecule has 0 bridgehead atoms. The number of nitrogens with two attached hydrogens (primary N) is 2. The smallest absolute Gasteiger partial charge is 0.112 e. The van der Waals surface area contributed by atoms with Crippen molar-refractivity contribution in [3.05, 3.63) is 0 Å². The summed E-state index contributed by atoms with van der Waals surface area (Å²) in [6.45, 7) is 2.34. The van der Waals surface area contributed by atoms with E-state index >= 15 is 0 Å². The molecule has 0 unspecified atom stereocenters. The van der Waals surface area contributed by atoms with E-state index in [1.54, 1.807) is 14.0 Å². The Morgan fingerprint density at radius 2 is 2.33 bits per heavy atom. The van der Waals surface area contributed by atoms with Gasteiger partial charge in [-0.3, -0.25) is 4.99 Å². The summed E-state index contributed by atoms with van der Waals surface area (Å²) in [6, 6.07) is -0.140. The quantitative estimate of drug-likeness (QED) is 0.334. The molecule has 9 heavy (non-hydrogen) atoms. The zero-order valence-corrected chi connectivity index (χ0v) is 5.89. The van der Waals surface area contributed by atoms with E-state index in [2.05, 4.69) is 10.3 Å². The van der Waals surface area contributed by atoms with Gasteiger partial charge in [0.25, 0.3) is 0 Å². The molecule has 0 spiro atoms. The normalized spacial score (nSPS) is 15.7. The van der Waals surface area contributed by atoms with Gasteiger partial charge in [-0.1, -0.05) is 0 Å². The molecule has 0 fully saturated rings. The van der Waals surface area contributed by atoms with Crippen molar-refractivity contribution >= 4 is 5.84 Å². The van der Waals surface area contributed by atoms with Crippen molar-refractivity contribution in [2.24, 2.45) is 16.5 Å². The predicted molar refractivity (Wildman–Crippen MR) is 39.2 cm³/mol. The first kappa shape index (κ1) is 8.39. The Bertz CT molecular complexity index is 97.1. The molecule has 4 nitrogen and oxygen atoms in total. The Morgan fingerprint density at radius 3 is 2.67 bits per heavy atom. The van der Waals surface area contributed by atoms with Crippen molar-refractivity contribution in [2.45, 2.75) is 13.0 Å². The van der Waals surface area contributed by atoms with E-state index < -0.39 is 0 Å². The first-order valence-electron chi connectivity index (χ1n) is 2.88. The van der Waals surface area contributed by atoms with Crippen molar-refractivity contribution < 1.29 is 0 Å². The molecule has 1 atom stereocenters. The fraction of sp³-hybridized carbons (Fsp3) is 0.800. The van der Waals surface area contributed by atoms with Crippen LogP contribution in [0.25, 0.3) is 0 Å². The maximum atomic E-state index is 5.39. The van der Waals surface area contributed by atoms with Gasteiger partial charge in [-0.25, -0.2) is 0 Å². The number of nitrogens with zero attached hydrogens (tertiary/aromatic N) is 1. The number of hydrogen-bond donors (Lipinski definition) is 3. The number of aliphatic imine (C=N–C) groups is 1. The molecule has 4 heteroatoms. The van der Waals surface area contributed by atoms with Crippen molar-refractivity contribution in [1.82, 2.24) is 5.32 Å². The molecular formula is C5H14N4. The van der Waals surface area contributed by atoms with Crippen molar-refractivity contribution in [3.63, 3.8) is 0 Å². The standard InChI is InChI=1S/C5H14N4/c1-4(6)5(7)9-3-8-2/h4,8H,3,6H2,1-2H3,(H2,7,9)/t4-/m1/s1. The van der Waals surface area contributed by atoms with Gasteiger partial charge in [-0.2, -0.15) is 0 Å². The second-order valence-electron chi connectivity index (χ2n) is 1.88. The lowest BCUT2D eigenvalue weighted by atomic mass is 10.3. The van der Waals surface area contributed by atoms with Crippen LogP contribution in [0, 0.1) is 0 Å². The lowest BCUT2D eigenvalue weighted by Gasteiger charge is -2.02. The SMILES string of the molecule is CNCN=C(N)[C@@H](C)N. The first-order valence-corrected chi connectivity index (χ1v) is 2.88. The highest BCUT2D eigenvalue weighted by Gasteiger charge is 1.95. The average Bonchev–Trinajstić information content (AvgIpc) is 1.82. The summed E-state index contributed by atoms with van der Waals surface area (Å²) in [4.78, 5) is 3.90. The van der Waals surface area contributed by atoms with Gasteiger partial charge >= 0.3 is 0 Å². The third-order valence-corrected chi connectivity index (χ3v) is 0.886. The van der Waals surface area contributed by atoms with Gasteiger partial charge in [-0.15, -0.1) is 0 Å². The van der Waals surface area contributed by atoms with Crippen LogP contribution in [-0.2, 0) is 0 Å². The summed E-state index contributed by atoms with van der Waals surface area (Å²) in [5.74, 6) is 0.490. The summed E-state index contributed by atoms with van der Waals surface area (Å²) in [5.41, 5.74) is 10.8. The molecule has 0 heterocycles. The molecule has 0 rings (SSSR count). The summed E-state index contributed by atoms with van der Waals surface area (Å²) >= 11 is 0. The van der Waals surface area contributed by atoms with Crippen LogP contribution in [-0.4, -0.2) is 25.6 Å². The van der Waals surface area contributed by atoms with Crippen molar-refractivity contribution in [3.8, 4) is 0 Å². The molecule has 0 saturated carbocycles. The van der Waals surface area contributed by atoms with E-state index in [-0.39, 0.29) is 6.04 Å². The predicted octanol–water partition coefficient (Wildman–Crippen LogP) is -1.13. The number of rotatable bonds is 3. The molecule has 0 aliphatic carbocycles. The molecule has 0 aromatic rings. The number of hydrogen-bond acceptors (Lipinski definition) is 3. The van der Waals surface area contributed by atoms with Gasteiger partial charge in [0, 0.05) is 0 Å². The summed E-state index contributed by atoms with van der Waals surface area (Å²) in [7, 11) is 1.80. The van der Waals surface area contributed by atoms with E-state index in [1.807, 2.05) is 0 Å². The largest absolute Gasteiger partial charge is 0.386 e. The second-order valence-corrected chi connectivity index (χ2v) is 1.88. The minimum absolute atomic E-state index is 0.140. The van der Waals surface area contributed by atoms with E-state index in [0.717, 1.165) is 0 Å². The van der Waals surface area contributed by atoms with Gasteiger partial charge in [0.2, 0.25) is 0 Å². The van der Waals surface area contributed by atoms with Crippen LogP contribution in [0.4, 0.5) is 0 Å². The van der Waals surface area contributed by atoms with Gasteiger partial charge in [0.05, 0.1) is 12.7 Å². The second kappa shape index (κ2) is 4.29. The molecule has 0 aromatic carbocycles. The van der Waals surface area contributed by atoms with Crippen LogP contribution in [0.2, 0.25) is 0 Å². The fourth-order valence-electron chi connectivity index (χ4n) is 0.314. The Morgan fingerprint density at radius 1 is 1.78 bits per heavy atom. The van der Waals surface area contributed by atoms with E-state index in [1.165, 1.54) is 0 Å². The summed E-state index contributed by atoms with van der Waals surface area (Å²) in [6.07, 6.45) is 0. The zero-order chi connectivity index (χ0) is 7.28. The summed E-state index contributed by atoms with van der Waals surface area (Å²) in [5, 5.41) is 2.83. The lowest BCUT2D eigenvalue weighted by Crippen LogP contribution is -2.34. The van der Waals surface area contributed by atoms with Crippen LogP contribution in [0.1, 0.15) is 6.92 Å². The van der Waals surface area contributed by atoms with Crippen LogP contribution in [0.15, 0.2) is 4.99 Å². The highest BCUT2D eigenvalue weighted by molar-refractivity contribution is 5.85. The molecule has 0 saturated heterocycles. The summed E-state index contributed by atoms with van der Waals surface area (Å²) < 4.78 is 0. The van der Waals surface area contributed by atoms with Gasteiger partial charge in [0.1, 0.15) is 5.84 Å². The van der Waals surface area contributed by atoms with Crippen molar-refractivity contribution in [2.75, 3.05) is 13.7 Å². The highest BCUT2D eigenvalue weighted by Crippen LogP contribution is 1.74. The Labute approximate surface area is 55.3 Å². The molecule has 0 aliphatic heterocycles. The first-order chi connectivity index (χ1) is 4.18. The van der Waals surface area contributed by atoms with Gasteiger partial charge in [0.15, 0.2) is 0 Å². The molecule has 0 aromatic heterocycles. The third kappa shape index (κ3) is 3.93. The maximum Gasteiger partial charge on any atom is 0.112 e. The molecular weight excluding hydrogens is 116 g/mol. The minimum atomic E-state index is -0.140. The number of amidine groups is 1. The van der Waals surface area contributed by atoms with E-state index in [9.17, 15) is 0 Å². The monoisotopic (exact) mass is 130 g/mol. The molecule has 0 radical (unpaired) electrons. The zero-order valence-electron chi connectivity index (χ0n) is 5.89. The van der Waals surface area contributed by atoms with E-state index in [0.29, 0.717) is 12.5 Å². The van der Waals surface area contributed by atoms with Gasteiger partial charge < -0.3 is 16.8 Å². The van der Waals surface area contributed by atoms with Crippen LogP contribution in [0.3, 0.4) is 0 Å². The molecule has 5 N–H and O–H groups in total. The average molecular weight is 130 g/mol. The maximum absolute atomic E-state index is 5.39. The van der Waals surface area contributed by atoms with Crippen molar-refractivity contribution in [1.29, 1.82) is 0 Å². The molecule has 0 amide bonds. The lowest BCUT2D eigenvalue weighted by molar-refractivity contribution is 0.819. The molecule has 54 valence electrons. The Hall–Kier alpha value is -0.610. The molecule has 0 aliphatic rings. The number of nitrogens with one attached hydrogen (secondary N) is 1. The fourth-order valence-corrected chi connectivity index (χ4v) is 0.314. The minimum Gasteiger partial charge on any atom is -0.386 e. The van der Waals surface area contributed by atoms with Crippen LogP contribution >= 0.6 is 0 Å².